The Morgan fingerprint density at radius 3 is 2.51 bits per heavy atom. The largest absolute Gasteiger partial charge is 0.491 e. The highest BCUT2D eigenvalue weighted by Crippen LogP contribution is 2.38. The van der Waals surface area contributed by atoms with Crippen molar-refractivity contribution in [2.75, 3.05) is 39.8 Å². The molecule has 3 aliphatic heterocycles. The van der Waals surface area contributed by atoms with Crippen LogP contribution in [-0.4, -0.2) is 72.3 Å². The standard InChI is InChI=1S/C26H32N4O5/c1-27-25(34)26-9-4-5-13-29(23(32)19-8-12-28-22(31)18-19)16-17-35-21-7-3-2-6-20(21)24(33)30(14-10-26)15-11-26/h2-3,6-8,12,18H,4-5,9-11,13-17H2,1H3,(H,27,34)(H,28,31). The minimum absolute atomic E-state index is 0.00842. The maximum atomic E-state index is 13.3. The van der Waals surface area contributed by atoms with Crippen LogP contribution in [0.2, 0.25) is 0 Å². The van der Waals surface area contributed by atoms with E-state index in [0.717, 1.165) is 6.42 Å². The van der Waals surface area contributed by atoms with Crippen LogP contribution in [0, 0.1) is 5.41 Å². The maximum Gasteiger partial charge on any atom is 0.257 e. The molecule has 3 aliphatic rings. The number of hydrogen-bond acceptors (Lipinski definition) is 5. The molecule has 2 bridgehead atoms. The number of H-pyrrole nitrogens is 1. The molecular weight excluding hydrogens is 448 g/mol. The summed E-state index contributed by atoms with van der Waals surface area (Å²) in [6, 6.07) is 9.99. The summed E-state index contributed by atoms with van der Waals surface area (Å²) in [5.41, 5.74) is -0.0718. The van der Waals surface area contributed by atoms with E-state index in [1.165, 1.54) is 12.3 Å². The Balaban J connectivity index is 1.61. The second kappa shape index (κ2) is 10.8. The number of fused-ring (bicyclic) bond motifs is 9. The average Bonchev–Trinajstić information content (AvgIpc) is 2.89. The van der Waals surface area contributed by atoms with Crippen molar-refractivity contribution < 1.29 is 19.1 Å². The minimum atomic E-state index is -0.525. The Morgan fingerprint density at radius 2 is 1.77 bits per heavy atom. The fourth-order valence-electron chi connectivity index (χ4n) is 5.04. The summed E-state index contributed by atoms with van der Waals surface area (Å²) in [5, 5.41) is 2.82. The van der Waals surface area contributed by atoms with Crippen LogP contribution in [0.5, 0.6) is 5.75 Å². The predicted octanol–water partition coefficient (Wildman–Crippen LogP) is 2.05. The van der Waals surface area contributed by atoms with Gasteiger partial charge in [0.25, 0.3) is 11.8 Å². The molecule has 186 valence electrons. The Bertz CT molecular complexity index is 1140. The summed E-state index contributed by atoms with van der Waals surface area (Å²) in [6.07, 6.45) is 4.82. The zero-order valence-corrected chi connectivity index (χ0v) is 20.0. The minimum Gasteiger partial charge on any atom is -0.491 e. The molecule has 0 aliphatic carbocycles. The van der Waals surface area contributed by atoms with Gasteiger partial charge in [-0.15, -0.1) is 0 Å². The van der Waals surface area contributed by atoms with Crippen molar-refractivity contribution in [3.63, 3.8) is 0 Å². The van der Waals surface area contributed by atoms with Crippen LogP contribution >= 0.6 is 0 Å². The zero-order chi connectivity index (χ0) is 24.8. The number of rotatable bonds is 2. The molecular formula is C26H32N4O5. The number of ether oxygens (including phenoxy) is 1. The molecule has 9 heteroatoms. The molecule has 1 aromatic carbocycles. The second-order valence-corrected chi connectivity index (χ2v) is 9.19. The van der Waals surface area contributed by atoms with Gasteiger partial charge in [-0.1, -0.05) is 18.6 Å². The summed E-state index contributed by atoms with van der Waals surface area (Å²) < 4.78 is 5.98. The van der Waals surface area contributed by atoms with Crippen LogP contribution in [0.1, 0.15) is 52.8 Å². The Morgan fingerprint density at radius 1 is 1.00 bits per heavy atom. The maximum absolute atomic E-state index is 13.3. The van der Waals surface area contributed by atoms with Crippen molar-refractivity contribution in [1.82, 2.24) is 20.1 Å². The number of hydrogen-bond donors (Lipinski definition) is 2. The first-order chi connectivity index (χ1) is 16.9. The van der Waals surface area contributed by atoms with E-state index in [9.17, 15) is 19.2 Å². The number of aromatic nitrogens is 1. The number of carbonyl (C=O) groups is 3. The van der Waals surface area contributed by atoms with Crippen LogP contribution in [0.3, 0.4) is 0 Å². The van der Waals surface area contributed by atoms with Gasteiger partial charge in [0.2, 0.25) is 11.5 Å². The van der Waals surface area contributed by atoms with Gasteiger partial charge in [-0.05, 0) is 43.9 Å². The van der Waals surface area contributed by atoms with E-state index in [0.29, 0.717) is 68.7 Å². The predicted molar refractivity (Wildman–Crippen MR) is 130 cm³/mol. The number of aromatic amines is 1. The van der Waals surface area contributed by atoms with E-state index in [2.05, 4.69) is 10.3 Å². The van der Waals surface area contributed by atoms with Gasteiger partial charge in [-0.3, -0.25) is 19.2 Å². The molecule has 0 spiro atoms. The summed E-state index contributed by atoms with van der Waals surface area (Å²) in [4.78, 5) is 57.1. The lowest BCUT2D eigenvalue weighted by atomic mass is 9.73. The lowest BCUT2D eigenvalue weighted by molar-refractivity contribution is -0.133. The lowest BCUT2D eigenvalue weighted by Crippen LogP contribution is -2.49. The number of piperidine rings is 1. The normalized spacial score (nSPS) is 18.6. The third-order valence-corrected chi connectivity index (χ3v) is 7.10. The van der Waals surface area contributed by atoms with Crippen molar-refractivity contribution in [3.05, 3.63) is 64.1 Å². The monoisotopic (exact) mass is 480 g/mol. The number of nitrogens with one attached hydrogen (secondary N) is 2. The van der Waals surface area contributed by atoms with Gasteiger partial charge in [0.1, 0.15) is 12.4 Å². The number of para-hydroxylation sites is 1. The third kappa shape index (κ3) is 5.39. The molecule has 9 nitrogen and oxygen atoms in total. The highest BCUT2D eigenvalue weighted by molar-refractivity contribution is 5.97. The Labute approximate surface area is 204 Å². The van der Waals surface area contributed by atoms with Crippen molar-refractivity contribution in [2.45, 2.75) is 32.1 Å². The van der Waals surface area contributed by atoms with E-state index < -0.39 is 5.41 Å². The molecule has 1 saturated heterocycles. The summed E-state index contributed by atoms with van der Waals surface area (Å²) >= 11 is 0. The van der Waals surface area contributed by atoms with Crippen molar-refractivity contribution in [1.29, 1.82) is 0 Å². The molecule has 0 unspecified atom stereocenters. The third-order valence-electron chi connectivity index (χ3n) is 7.10. The van der Waals surface area contributed by atoms with E-state index in [-0.39, 0.29) is 29.9 Å². The van der Waals surface area contributed by atoms with Crippen molar-refractivity contribution in [2.24, 2.45) is 5.41 Å². The molecule has 4 heterocycles. The first-order valence-electron chi connectivity index (χ1n) is 12.1. The molecule has 0 saturated carbocycles. The zero-order valence-electron chi connectivity index (χ0n) is 20.0. The highest BCUT2D eigenvalue weighted by Gasteiger charge is 2.41. The molecule has 3 amide bonds. The molecule has 5 rings (SSSR count). The summed E-state index contributed by atoms with van der Waals surface area (Å²) in [5.74, 6) is 0.118. The van der Waals surface area contributed by atoms with Crippen LogP contribution in [-0.2, 0) is 4.79 Å². The molecule has 0 atom stereocenters. The molecule has 2 aromatic rings. The van der Waals surface area contributed by atoms with Gasteiger partial charge in [-0.25, -0.2) is 0 Å². The van der Waals surface area contributed by atoms with E-state index >= 15 is 0 Å². The first-order valence-corrected chi connectivity index (χ1v) is 12.1. The van der Waals surface area contributed by atoms with Crippen molar-refractivity contribution >= 4 is 17.7 Å². The molecule has 1 aromatic heterocycles. The van der Waals surface area contributed by atoms with Gasteiger partial charge < -0.3 is 24.8 Å². The summed E-state index contributed by atoms with van der Waals surface area (Å²) in [6.45, 7) is 2.01. The van der Waals surface area contributed by atoms with Crippen LogP contribution in [0.25, 0.3) is 0 Å². The number of nitrogens with zero attached hydrogens (tertiary/aromatic N) is 2. The van der Waals surface area contributed by atoms with Crippen LogP contribution in [0.4, 0.5) is 0 Å². The Hall–Kier alpha value is -3.62. The summed E-state index contributed by atoms with van der Waals surface area (Å²) in [7, 11) is 1.65. The fraction of sp³-hybridized carbons (Fsp3) is 0.462. The van der Waals surface area contributed by atoms with E-state index in [1.54, 1.807) is 41.1 Å². The fourth-order valence-corrected chi connectivity index (χ4v) is 5.04. The van der Waals surface area contributed by atoms with E-state index in [1.807, 2.05) is 6.07 Å². The first kappa shape index (κ1) is 24.5. The van der Waals surface area contributed by atoms with Crippen LogP contribution < -0.4 is 15.6 Å². The van der Waals surface area contributed by atoms with Gasteiger partial charge in [0, 0.05) is 44.5 Å². The number of carbonyl (C=O) groups excluding carboxylic acids is 3. The SMILES string of the molecule is CNC(=O)C12CCCCN(C(=O)c3cc[nH]c(=O)c3)CCOc3ccccc3C(=O)N(CC1)CC2. The van der Waals surface area contributed by atoms with Crippen molar-refractivity contribution in [3.8, 4) is 5.75 Å². The average molecular weight is 481 g/mol. The topological polar surface area (TPSA) is 112 Å². The number of amides is 3. The quantitative estimate of drug-likeness (QED) is 0.683. The number of pyridine rings is 1. The van der Waals surface area contributed by atoms with Gasteiger partial charge in [-0.2, -0.15) is 0 Å². The van der Waals surface area contributed by atoms with Gasteiger partial charge in [0.15, 0.2) is 0 Å². The number of benzene rings is 1. The highest BCUT2D eigenvalue weighted by atomic mass is 16.5. The van der Waals surface area contributed by atoms with Gasteiger partial charge in [0.05, 0.1) is 17.5 Å². The van der Waals surface area contributed by atoms with Crippen LogP contribution in [0.15, 0.2) is 47.4 Å². The Kier molecular flexibility index (Phi) is 7.53. The molecule has 0 radical (unpaired) electrons. The lowest BCUT2D eigenvalue weighted by Gasteiger charge is -2.40. The van der Waals surface area contributed by atoms with Gasteiger partial charge >= 0.3 is 0 Å². The molecule has 1 fully saturated rings. The van der Waals surface area contributed by atoms with E-state index in [4.69, 9.17) is 4.74 Å². The molecule has 2 N–H and O–H groups in total. The second-order valence-electron chi connectivity index (χ2n) is 9.19. The molecule has 35 heavy (non-hydrogen) atoms. The smallest absolute Gasteiger partial charge is 0.257 e.